The fraction of sp³-hybridized carbons (Fsp3) is 0.385. The molecule has 0 saturated carbocycles. The van der Waals surface area contributed by atoms with E-state index >= 15 is 0 Å². The van der Waals surface area contributed by atoms with Crippen molar-refractivity contribution >= 4 is 23.5 Å². The van der Waals surface area contributed by atoms with Gasteiger partial charge in [0.05, 0.1) is 17.1 Å². The Morgan fingerprint density at radius 1 is 1.37 bits per heavy atom. The van der Waals surface area contributed by atoms with Gasteiger partial charge in [-0.1, -0.05) is 17.7 Å². The Labute approximate surface area is 115 Å². The predicted octanol–water partition coefficient (Wildman–Crippen LogP) is 3.19. The van der Waals surface area contributed by atoms with Gasteiger partial charge in [0.15, 0.2) is 11.6 Å². The largest absolute Gasteiger partial charge is 0.444 e. The van der Waals surface area contributed by atoms with E-state index in [1.165, 1.54) is 18.2 Å². The summed E-state index contributed by atoms with van der Waals surface area (Å²) in [5.74, 6) is -1.37. The van der Waals surface area contributed by atoms with Crippen LogP contribution in [0.1, 0.15) is 31.1 Å². The van der Waals surface area contributed by atoms with Gasteiger partial charge in [-0.3, -0.25) is 4.79 Å². The van der Waals surface area contributed by atoms with E-state index in [2.05, 4.69) is 5.32 Å². The molecule has 0 heterocycles. The number of ether oxygens (including phenoxy) is 1. The number of carbonyl (C=O) groups is 2. The Balaban J connectivity index is 2.61. The van der Waals surface area contributed by atoms with Crippen LogP contribution in [0.4, 0.5) is 9.18 Å². The van der Waals surface area contributed by atoms with E-state index in [0.717, 1.165) is 0 Å². The molecular weight excluding hydrogens is 273 g/mol. The molecule has 4 nitrogen and oxygen atoms in total. The molecule has 0 aliphatic heterocycles. The minimum Gasteiger partial charge on any atom is -0.444 e. The summed E-state index contributed by atoms with van der Waals surface area (Å²) in [5.41, 5.74) is -0.822. The van der Waals surface area contributed by atoms with Crippen LogP contribution in [0.2, 0.25) is 5.02 Å². The molecule has 1 aromatic carbocycles. The molecule has 0 saturated heterocycles. The van der Waals surface area contributed by atoms with Gasteiger partial charge in [-0.05, 0) is 32.9 Å². The van der Waals surface area contributed by atoms with Gasteiger partial charge in [-0.2, -0.15) is 0 Å². The Bertz CT molecular complexity index is 497. The predicted molar refractivity (Wildman–Crippen MR) is 70.0 cm³/mol. The van der Waals surface area contributed by atoms with Crippen LogP contribution in [0.15, 0.2) is 18.2 Å². The summed E-state index contributed by atoms with van der Waals surface area (Å²) < 4.78 is 18.5. The number of nitrogens with one attached hydrogen (secondary N) is 1. The number of ketones is 1. The third-order valence-electron chi connectivity index (χ3n) is 2.04. The van der Waals surface area contributed by atoms with Crippen molar-refractivity contribution in [2.75, 3.05) is 6.54 Å². The van der Waals surface area contributed by atoms with Gasteiger partial charge in [0.1, 0.15) is 5.60 Å². The van der Waals surface area contributed by atoms with Gasteiger partial charge in [-0.25, -0.2) is 9.18 Å². The highest BCUT2D eigenvalue weighted by molar-refractivity contribution is 6.31. The SMILES string of the molecule is CC(C)(C)OC(=O)NCC(=O)c1cccc(Cl)c1F. The highest BCUT2D eigenvalue weighted by Gasteiger charge is 2.18. The molecule has 0 aromatic heterocycles. The minimum atomic E-state index is -0.792. The van der Waals surface area contributed by atoms with Crippen molar-refractivity contribution in [2.45, 2.75) is 26.4 Å². The lowest BCUT2D eigenvalue weighted by atomic mass is 10.1. The molecule has 0 spiro atoms. The van der Waals surface area contributed by atoms with Crippen LogP contribution in [0, 0.1) is 5.82 Å². The first-order chi connectivity index (χ1) is 8.70. The third kappa shape index (κ3) is 4.87. The molecule has 0 atom stereocenters. The second-order valence-electron chi connectivity index (χ2n) is 4.88. The van der Waals surface area contributed by atoms with Gasteiger partial charge in [-0.15, -0.1) is 0 Å². The third-order valence-corrected chi connectivity index (χ3v) is 2.34. The van der Waals surface area contributed by atoms with Crippen LogP contribution in [0.5, 0.6) is 0 Å². The molecule has 0 fully saturated rings. The molecule has 0 unspecified atom stereocenters. The monoisotopic (exact) mass is 287 g/mol. The van der Waals surface area contributed by atoms with Crippen molar-refractivity contribution in [1.82, 2.24) is 5.32 Å². The van der Waals surface area contributed by atoms with Gasteiger partial charge in [0, 0.05) is 0 Å². The van der Waals surface area contributed by atoms with Crippen LogP contribution >= 0.6 is 11.6 Å². The number of alkyl carbamates (subject to hydrolysis) is 1. The maximum Gasteiger partial charge on any atom is 0.408 e. The highest BCUT2D eigenvalue weighted by Crippen LogP contribution is 2.18. The molecule has 1 aromatic rings. The summed E-state index contributed by atoms with van der Waals surface area (Å²) in [4.78, 5) is 23.1. The molecule has 0 aliphatic rings. The van der Waals surface area contributed by atoms with Crippen LogP contribution in [0.3, 0.4) is 0 Å². The number of benzene rings is 1. The highest BCUT2D eigenvalue weighted by atomic mass is 35.5. The lowest BCUT2D eigenvalue weighted by Crippen LogP contribution is -2.35. The molecular formula is C13H15ClFNO3. The van der Waals surface area contributed by atoms with E-state index in [1.54, 1.807) is 20.8 Å². The van der Waals surface area contributed by atoms with Gasteiger partial charge in [0.2, 0.25) is 0 Å². The summed E-state index contributed by atoms with van der Waals surface area (Å²) in [7, 11) is 0. The smallest absolute Gasteiger partial charge is 0.408 e. The lowest BCUT2D eigenvalue weighted by Gasteiger charge is -2.19. The Hall–Kier alpha value is -1.62. The zero-order chi connectivity index (χ0) is 14.6. The topological polar surface area (TPSA) is 55.4 Å². The first-order valence-electron chi connectivity index (χ1n) is 5.65. The van der Waals surface area contributed by atoms with Crippen molar-refractivity contribution < 1.29 is 18.7 Å². The number of hydrogen-bond acceptors (Lipinski definition) is 3. The second-order valence-corrected chi connectivity index (χ2v) is 5.29. The maximum atomic E-state index is 13.6. The summed E-state index contributed by atoms with van der Waals surface area (Å²) in [5, 5.41) is 2.13. The molecule has 1 rings (SSSR count). The molecule has 0 aliphatic carbocycles. The summed E-state index contributed by atoms with van der Waals surface area (Å²) in [6, 6.07) is 4.11. The number of amides is 1. The molecule has 6 heteroatoms. The number of Topliss-reactive ketones (excluding diaryl/α,β-unsaturated/α-hetero) is 1. The van der Waals surface area contributed by atoms with Crippen molar-refractivity contribution in [1.29, 1.82) is 0 Å². The Morgan fingerprint density at radius 3 is 2.58 bits per heavy atom. The quantitative estimate of drug-likeness (QED) is 0.869. The van der Waals surface area contributed by atoms with Gasteiger partial charge >= 0.3 is 6.09 Å². The average molecular weight is 288 g/mol. The van der Waals surface area contributed by atoms with E-state index in [-0.39, 0.29) is 17.1 Å². The van der Waals surface area contributed by atoms with E-state index in [0.29, 0.717) is 0 Å². The maximum absolute atomic E-state index is 13.6. The fourth-order valence-electron chi connectivity index (χ4n) is 1.28. The van der Waals surface area contributed by atoms with Crippen molar-refractivity contribution in [3.8, 4) is 0 Å². The Kier molecular flexibility index (Phi) is 4.89. The molecule has 104 valence electrons. The number of halogens is 2. The normalized spacial score (nSPS) is 11.0. The molecule has 0 radical (unpaired) electrons. The molecule has 1 N–H and O–H groups in total. The summed E-state index contributed by atoms with van der Waals surface area (Å²) in [6.07, 6.45) is -0.733. The van der Waals surface area contributed by atoms with Crippen LogP contribution in [0.25, 0.3) is 0 Å². The average Bonchev–Trinajstić information content (AvgIpc) is 2.27. The first kappa shape index (κ1) is 15.4. The molecule has 1 amide bonds. The first-order valence-corrected chi connectivity index (χ1v) is 6.02. The molecule has 0 bridgehead atoms. The van der Waals surface area contributed by atoms with Crippen molar-refractivity contribution in [3.05, 3.63) is 34.6 Å². The number of carbonyl (C=O) groups excluding carboxylic acids is 2. The van der Waals surface area contributed by atoms with E-state index in [4.69, 9.17) is 16.3 Å². The van der Waals surface area contributed by atoms with E-state index in [1.807, 2.05) is 0 Å². The van der Waals surface area contributed by atoms with E-state index < -0.39 is 23.3 Å². The standard InChI is InChI=1S/C13H15ClFNO3/c1-13(2,3)19-12(18)16-7-10(17)8-5-4-6-9(14)11(8)15/h4-6H,7H2,1-3H3,(H,16,18). The van der Waals surface area contributed by atoms with Gasteiger partial charge < -0.3 is 10.1 Å². The lowest BCUT2D eigenvalue weighted by molar-refractivity contribution is 0.0520. The van der Waals surface area contributed by atoms with Crippen LogP contribution in [-0.4, -0.2) is 24.0 Å². The Morgan fingerprint density at radius 2 is 2.00 bits per heavy atom. The van der Waals surface area contributed by atoms with Crippen molar-refractivity contribution in [2.24, 2.45) is 0 Å². The molecule has 19 heavy (non-hydrogen) atoms. The number of rotatable bonds is 3. The summed E-state index contributed by atoms with van der Waals surface area (Å²) in [6.45, 7) is 4.74. The minimum absolute atomic E-state index is 0.136. The van der Waals surface area contributed by atoms with E-state index in [9.17, 15) is 14.0 Å². The number of hydrogen-bond donors (Lipinski definition) is 1. The van der Waals surface area contributed by atoms with Crippen LogP contribution in [-0.2, 0) is 4.74 Å². The zero-order valence-corrected chi connectivity index (χ0v) is 11.7. The fourth-order valence-corrected chi connectivity index (χ4v) is 1.46. The van der Waals surface area contributed by atoms with Crippen LogP contribution < -0.4 is 5.32 Å². The van der Waals surface area contributed by atoms with Gasteiger partial charge in [0.25, 0.3) is 0 Å². The van der Waals surface area contributed by atoms with Crippen molar-refractivity contribution in [3.63, 3.8) is 0 Å². The summed E-state index contributed by atoms with van der Waals surface area (Å²) >= 11 is 5.57. The zero-order valence-electron chi connectivity index (χ0n) is 10.9. The second kappa shape index (κ2) is 6.02.